The van der Waals surface area contributed by atoms with Crippen molar-refractivity contribution in [2.45, 2.75) is 26.4 Å². The van der Waals surface area contributed by atoms with E-state index in [1.165, 1.54) is 0 Å². The van der Waals surface area contributed by atoms with E-state index in [0.29, 0.717) is 0 Å². The summed E-state index contributed by atoms with van der Waals surface area (Å²) in [6.45, 7) is 4.84. The summed E-state index contributed by atoms with van der Waals surface area (Å²) in [5, 5.41) is 6.47. The number of aromatic nitrogens is 2. The number of aryl methyl sites for hydroxylation is 1. The topological polar surface area (TPSA) is 47.0 Å². The van der Waals surface area contributed by atoms with Crippen LogP contribution >= 0.6 is 11.3 Å². The van der Waals surface area contributed by atoms with Crippen molar-refractivity contribution in [3.8, 4) is 0 Å². The van der Waals surface area contributed by atoms with Crippen molar-refractivity contribution in [3.63, 3.8) is 0 Å². The van der Waals surface area contributed by atoms with E-state index in [1.54, 1.807) is 18.4 Å². The first-order chi connectivity index (χ1) is 8.24. The second kappa shape index (κ2) is 5.42. The van der Waals surface area contributed by atoms with Crippen LogP contribution in [0.4, 0.5) is 5.82 Å². The Morgan fingerprint density at radius 2 is 2.29 bits per heavy atom. The molecule has 17 heavy (non-hydrogen) atoms. The van der Waals surface area contributed by atoms with Crippen LogP contribution < -0.4 is 5.32 Å². The monoisotopic (exact) mass is 251 g/mol. The number of anilines is 1. The fraction of sp³-hybridized carbons (Fsp3) is 0.500. The van der Waals surface area contributed by atoms with E-state index in [1.807, 2.05) is 12.3 Å². The summed E-state index contributed by atoms with van der Waals surface area (Å²) in [5.41, 5.74) is 0. The Kier molecular flexibility index (Phi) is 3.91. The highest BCUT2D eigenvalue weighted by Gasteiger charge is 2.08. The largest absolute Gasteiger partial charge is 0.380 e. The predicted octanol–water partition coefficient (Wildman–Crippen LogP) is 2.70. The van der Waals surface area contributed by atoms with Gasteiger partial charge in [-0.05, 0) is 18.4 Å². The van der Waals surface area contributed by atoms with Crippen molar-refractivity contribution in [1.82, 2.24) is 9.97 Å². The maximum atomic E-state index is 5.22. The first-order valence-electron chi connectivity index (χ1n) is 5.75. The second-order valence-corrected chi connectivity index (χ2v) is 4.80. The zero-order valence-corrected chi connectivity index (χ0v) is 11.2. The highest BCUT2D eigenvalue weighted by Crippen LogP contribution is 2.25. The minimum atomic E-state index is 0.170. The van der Waals surface area contributed by atoms with E-state index in [-0.39, 0.29) is 6.10 Å². The molecule has 0 aliphatic heterocycles. The number of fused-ring (bicyclic) bond motifs is 1. The van der Waals surface area contributed by atoms with Gasteiger partial charge >= 0.3 is 0 Å². The molecule has 0 bridgehead atoms. The van der Waals surface area contributed by atoms with Crippen molar-refractivity contribution >= 4 is 27.4 Å². The quantitative estimate of drug-likeness (QED) is 0.887. The van der Waals surface area contributed by atoms with Crippen molar-refractivity contribution in [2.75, 3.05) is 19.0 Å². The van der Waals surface area contributed by atoms with Crippen LogP contribution in [0.15, 0.2) is 11.4 Å². The second-order valence-electron chi connectivity index (χ2n) is 3.91. The van der Waals surface area contributed by atoms with E-state index in [0.717, 1.165) is 34.8 Å². The number of methoxy groups -OCH3 is 1. The Morgan fingerprint density at radius 1 is 1.47 bits per heavy atom. The van der Waals surface area contributed by atoms with Crippen molar-refractivity contribution in [3.05, 3.63) is 17.3 Å². The van der Waals surface area contributed by atoms with Gasteiger partial charge in [-0.15, -0.1) is 11.3 Å². The molecule has 2 aromatic heterocycles. The Bertz CT molecular complexity index is 497. The Balaban J connectivity index is 2.27. The number of hydrogen-bond acceptors (Lipinski definition) is 5. The van der Waals surface area contributed by atoms with Gasteiger partial charge in [-0.1, -0.05) is 6.92 Å². The van der Waals surface area contributed by atoms with Crippen LogP contribution in [0.1, 0.15) is 19.7 Å². The SMILES string of the molecule is CCc1nc(NCC(C)OC)c2ccsc2n1. The van der Waals surface area contributed by atoms with Crippen LogP contribution in [0.25, 0.3) is 10.2 Å². The Hall–Kier alpha value is -1.20. The van der Waals surface area contributed by atoms with E-state index >= 15 is 0 Å². The molecule has 2 aromatic rings. The van der Waals surface area contributed by atoms with Gasteiger partial charge in [-0.2, -0.15) is 0 Å². The fourth-order valence-corrected chi connectivity index (χ4v) is 2.30. The third-order valence-corrected chi connectivity index (χ3v) is 3.45. The molecule has 2 heterocycles. The maximum absolute atomic E-state index is 5.22. The molecule has 0 fully saturated rings. The van der Waals surface area contributed by atoms with Gasteiger partial charge in [-0.25, -0.2) is 9.97 Å². The molecule has 0 saturated heterocycles. The van der Waals surface area contributed by atoms with Crippen LogP contribution in [0, 0.1) is 0 Å². The summed E-state index contributed by atoms with van der Waals surface area (Å²) in [6, 6.07) is 2.05. The third kappa shape index (κ3) is 2.73. The van der Waals surface area contributed by atoms with E-state index < -0.39 is 0 Å². The molecule has 0 amide bonds. The Labute approximate surface area is 105 Å². The maximum Gasteiger partial charge on any atom is 0.138 e. The van der Waals surface area contributed by atoms with Gasteiger partial charge in [0.1, 0.15) is 16.5 Å². The lowest BCUT2D eigenvalue weighted by molar-refractivity contribution is 0.128. The normalized spacial score (nSPS) is 12.9. The number of thiophene rings is 1. The minimum absolute atomic E-state index is 0.170. The van der Waals surface area contributed by atoms with Crippen LogP contribution in [0.5, 0.6) is 0 Å². The molecule has 0 saturated carbocycles. The van der Waals surface area contributed by atoms with Crippen LogP contribution in [0.2, 0.25) is 0 Å². The summed E-state index contributed by atoms with van der Waals surface area (Å²) in [5.74, 6) is 1.80. The summed E-state index contributed by atoms with van der Waals surface area (Å²) >= 11 is 1.65. The van der Waals surface area contributed by atoms with Gasteiger partial charge in [0.15, 0.2) is 0 Å². The van der Waals surface area contributed by atoms with Crippen LogP contribution in [-0.4, -0.2) is 29.7 Å². The third-order valence-electron chi connectivity index (χ3n) is 2.65. The molecule has 0 spiro atoms. The van der Waals surface area contributed by atoms with E-state index in [4.69, 9.17) is 4.74 Å². The van der Waals surface area contributed by atoms with E-state index in [2.05, 4.69) is 28.3 Å². The average Bonchev–Trinajstić information content (AvgIpc) is 2.83. The standard InChI is InChI=1S/C12H17N3OS/c1-4-10-14-11(13-7-8(2)16-3)9-5-6-17-12(9)15-10/h5-6,8H,4,7H2,1-3H3,(H,13,14,15). The fourth-order valence-electron chi connectivity index (χ4n) is 1.52. The molecular weight excluding hydrogens is 234 g/mol. The van der Waals surface area contributed by atoms with Gasteiger partial charge in [0.2, 0.25) is 0 Å². The molecule has 1 atom stereocenters. The van der Waals surface area contributed by atoms with Gasteiger partial charge in [0.25, 0.3) is 0 Å². The molecule has 4 nitrogen and oxygen atoms in total. The average molecular weight is 251 g/mol. The lowest BCUT2D eigenvalue weighted by atomic mass is 10.3. The first kappa shape index (κ1) is 12.3. The summed E-state index contributed by atoms with van der Waals surface area (Å²) in [7, 11) is 1.71. The molecule has 2 rings (SSSR count). The molecule has 5 heteroatoms. The molecule has 1 unspecified atom stereocenters. The molecule has 0 radical (unpaired) electrons. The number of hydrogen-bond donors (Lipinski definition) is 1. The Morgan fingerprint density at radius 3 is 3.00 bits per heavy atom. The van der Waals surface area contributed by atoms with Gasteiger partial charge < -0.3 is 10.1 Å². The zero-order chi connectivity index (χ0) is 12.3. The number of nitrogens with zero attached hydrogens (tertiary/aromatic N) is 2. The lowest BCUT2D eigenvalue weighted by Crippen LogP contribution is -2.19. The summed E-state index contributed by atoms with van der Waals surface area (Å²) in [4.78, 5) is 10.1. The lowest BCUT2D eigenvalue weighted by Gasteiger charge is -2.12. The van der Waals surface area contributed by atoms with Crippen molar-refractivity contribution in [2.24, 2.45) is 0 Å². The van der Waals surface area contributed by atoms with Crippen molar-refractivity contribution in [1.29, 1.82) is 0 Å². The summed E-state index contributed by atoms with van der Waals surface area (Å²) < 4.78 is 5.22. The highest BCUT2D eigenvalue weighted by molar-refractivity contribution is 7.16. The van der Waals surface area contributed by atoms with E-state index in [9.17, 15) is 0 Å². The van der Waals surface area contributed by atoms with Gasteiger partial charge in [-0.3, -0.25) is 0 Å². The molecular formula is C12H17N3OS. The van der Waals surface area contributed by atoms with Gasteiger partial charge in [0.05, 0.1) is 11.5 Å². The first-order valence-corrected chi connectivity index (χ1v) is 6.63. The number of rotatable bonds is 5. The molecule has 92 valence electrons. The van der Waals surface area contributed by atoms with Crippen LogP contribution in [-0.2, 0) is 11.2 Å². The predicted molar refractivity (Wildman–Crippen MR) is 71.8 cm³/mol. The van der Waals surface area contributed by atoms with Gasteiger partial charge in [0, 0.05) is 20.1 Å². The molecule has 0 aliphatic rings. The minimum Gasteiger partial charge on any atom is -0.380 e. The van der Waals surface area contributed by atoms with Crippen molar-refractivity contribution < 1.29 is 4.74 Å². The van der Waals surface area contributed by atoms with Crippen LogP contribution in [0.3, 0.4) is 0 Å². The molecule has 1 N–H and O–H groups in total. The molecule has 0 aromatic carbocycles. The number of ether oxygens (including phenoxy) is 1. The number of nitrogens with one attached hydrogen (secondary N) is 1. The smallest absolute Gasteiger partial charge is 0.138 e. The molecule has 0 aliphatic carbocycles. The zero-order valence-electron chi connectivity index (χ0n) is 10.4. The summed E-state index contributed by atoms with van der Waals surface area (Å²) in [6.07, 6.45) is 1.02. The highest BCUT2D eigenvalue weighted by atomic mass is 32.1.